The molecule has 0 aromatic rings. The van der Waals surface area contributed by atoms with Crippen LogP contribution >= 0.6 is 0 Å². The Bertz CT molecular complexity index is 119. The Balaban J connectivity index is 2.25. The minimum absolute atomic E-state index is 0.534. The summed E-state index contributed by atoms with van der Waals surface area (Å²) in [7, 11) is 4.05. The van der Waals surface area contributed by atoms with Gasteiger partial charge in [-0.05, 0) is 39.3 Å². The lowest BCUT2D eigenvalue weighted by atomic mass is 9.92. The predicted molar refractivity (Wildman–Crippen MR) is 51.4 cm³/mol. The van der Waals surface area contributed by atoms with Crippen molar-refractivity contribution in [3.05, 3.63) is 0 Å². The van der Waals surface area contributed by atoms with Crippen LogP contribution in [0.1, 0.15) is 32.6 Å². The van der Waals surface area contributed by atoms with Crippen molar-refractivity contribution in [1.82, 2.24) is 4.90 Å². The summed E-state index contributed by atoms with van der Waals surface area (Å²) in [4.78, 5) is 2.45. The van der Waals surface area contributed by atoms with Crippen LogP contribution in [0.15, 0.2) is 0 Å². The summed E-state index contributed by atoms with van der Waals surface area (Å²) in [5.41, 5.74) is 0. The maximum atomic E-state index is 5.33. The van der Waals surface area contributed by atoms with Gasteiger partial charge in [-0.25, -0.2) is 0 Å². The standard InChI is InChI=1S/C10H21NO/c1-4-11(2)9-5-7-10(12-3)8-6-9/h9-10H,4-8H2,1-3H3/t9-,10-. The number of rotatable bonds is 3. The van der Waals surface area contributed by atoms with E-state index in [0.29, 0.717) is 6.10 Å². The molecular weight excluding hydrogens is 150 g/mol. The molecule has 1 aliphatic rings. The van der Waals surface area contributed by atoms with Crippen LogP contribution in [0.3, 0.4) is 0 Å². The molecule has 2 nitrogen and oxygen atoms in total. The number of nitrogens with zero attached hydrogens (tertiary/aromatic N) is 1. The molecule has 12 heavy (non-hydrogen) atoms. The van der Waals surface area contributed by atoms with Crippen molar-refractivity contribution in [2.24, 2.45) is 0 Å². The fourth-order valence-electron chi connectivity index (χ4n) is 1.98. The molecule has 0 unspecified atom stereocenters. The number of hydrogen-bond donors (Lipinski definition) is 0. The highest BCUT2D eigenvalue weighted by Gasteiger charge is 2.22. The smallest absolute Gasteiger partial charge is 0.0572 e. The Morgan fingerprint density at radius 2 is 1.83 bits per heavy atom. The van der Waals surface area contributed by atoms with Crippen LogP contribution in [0.5, 0.6) is 0 Å². The first-order valence-corrected chi connectivity index (χ1v) is 5.01. The highest BCUT2D eigenvalue weighted by Crippen LogP contribution is 2.23. The molecule has 0 aromatic carbocycles. The van der Waals surface area contributed by atoms with Crippen LogP contribution in [0.25, 0.3) is 0 Å². The fourth-order valence-corrected chi connectivity index (χ4v) is 1.98. The Morgan fingerprint density at radius 1 is 1.25 bits per heavy atom. The molecule has 0 aromatic heterocycles. The first kappa shape index (κ1) is 10.0. The van der Waals surface area contributed by atoms with Gasteiger partial charge >= 0.3 is 0 Å². The number of hydrogen-bond acceptors (Lipinski definition) is 2. The van der Waals surface area contributed by atoms with E-state index in [1.165, 1.54) is 32.2 Å². The monoisotopic (exact) mass is 171 g/mol. The van der Waals surface area contributed by atoms with E-state index in [9.17, 15) is 0 Å². The molecule has 1 rings (SSSR count). The normalized spacial score (nSPS) is 31.0. The van der Waals surface area contributed by atoms with E-state index < -0.39 is 0 Å². The SMILES string of the molecule is CCN(C)[C@H]1CC[C@H](OC)CC1. The molecule has 0 radical (unpaired) electrons. The summed E-state index contributed by atoms with van der Waals surface area (Å²) < 4.78 is 5.33. The largest absolute Gasteiger partial charge is 0.381 e. The van der Waals surface area contributed by atoms with Gasteiger partial charge in [0.25, 0.3) is 0 Å². The van der Waals surface area contributed by atoms with Gasteiger partial charge in [-0.15, -0.1) is 0 Å². The molecule has 72 valence electrons. The second-order valence-electron chi connectivity index (χ2n) is 3.74. The molecule has 0 saturated heterocycles. The molecule has 0 spiro atoms. The van der Waals surface area contributed by atoms with Gasteiger partial charge < -0.3 is 9.64 Å². The summed E-state index contributed by atoms with van der Waals surface area (Å²) in [6.45, 7) is 3.39. The van der Waals surface area contributed by atoms with Crippen molar-refractivity contribution in [2.45, 2.75) is 44.8 Å². The van der Waals surface area contributed by atoms with Crippen molar-refractivity contribution in [1.29, 1.82) is 0 Å². The molecule has 0 atom stereocenters. The first-order chi connectivity index (χ1) is 5.77. The third kappa shape index (κ3) is 2.46. The number of ether oxygens (including phenoxy) is 1. The lowest BCUT2D eigenvalue weighted by molar-refractivity contribution is 0.0452. The lowest BCUT2D eigenvalue weighted by Gasteiger charge is -2.33. The molecule has 0 bridgehead atoms. The average Bonchev–Trinajstić information content (AvgIpc) is 2.17. The molecule has 0 amide bonds. The van der Waals surface area contributed by atoms with E-state index in [1.807, 2.05) is 7.11 Å². The zero-order chi connectivity index (χ0) is 8.97. The minimum atomic E-state index is 0.534. The van der Waals surface area contributed by atoms with Gasteiger partial charge in [0.1, 0.15) is 0 Å². The first-order valence-electron chi connectivity index (χ1n) is 5.01. The Labute approximate surface area is 75.9 Å². The zero-order valence-corrected chi connectivity index (χ0v) is 8.55. The van der Waals surface area contributed by atoms with Gasteiger partial charge in [0, 0.05) is 13.2 Å². The van der Waals surface area contributed by atoms with Gasteiger partial charge in [-0.2, -0.15) is 0 Å². The predicted octanol–water partition coefficient (Wildman–Crippen LogP) is 1.90. The summed E-state index contributed by atoms with van der Waals surface area (Å²) in [6.07, 6.45) is 5.63. The van der Waals surface area contributed by atoms with E-state index >= 15 is 0 Å². The second kappa shape index (κ2) is 4.83. The van der Waals surface area contributed by atoms with Crippen molar-refractivity contribution in [2.75, 3.05) is 20.7 Å². The van der Waals surface area contributed by atoms with Crippen LogP contribution in [0, 0.1) is 0 Å². The Kier molecular flexibility index (Phi) is 4.02. The van der Waals surface area contributed by atoms with Crippen molar-refractivity contribution in [3.8, 4) is 0 Å². The molecule has 0 N–H and O–H groups in total. The van der Waals surface area contributed by atoms with Gasteiger partial charge in [0.05, 0.1) is 6.10 Å². The van der Waals surface area contributed by atoms with E-state index in [-0.39, 0.29) is 0 Å². The molecule has 1 fully saturated rings. The van der Waals surface area contributed by atoms with Gasteiger partial charge in [0.15, 0.2) is 0 Å². The van der Waals surface area contributed by atoms with Gasteiger partial charge in [0.2, 0.25) is 0 Å². The molecule has 2 heteroatoms. The highest BCUT2D eigenvalue weighted by molar-refractivity contribution is 4.77. The maximum absolute atomic E-state index is 5.33. The summed E-state index contributed by atoms with van der Waals surface area (Å²) in [6, 6.07) is 0.807. The fraction of sp³-hybridized carbons (Fsp3) is 1.00. The quantitative estimate of drug-likeness (QED) is 0.643. The van der Waals surface area contributed by atoms with Crippen LogP contribution < -0.4 is 0 Å². The van der Waals surface area contributed by atoms with E-state index in [1.54, 1.807) is 0 Å². The molecule has 0 aliphatic heterocycles. The van der Waals surface area contributed by atoms with Crippen molar-refractivity contribution in [3.63, 3.8) is 0 Å². The van der Waals surface area contributed by atoms with E-state index in [0.717, 1.165) is 6.04 Å². The van der Waals surface area contributed by atoms with Crippen LogP contribution in [0.2, 0.25) is 0 Å². The zero-order valence-electron chi connectivity index (χ0n) is 8.55. The van der Waals surface area contributed by atoms with Crippen LogP contribution in [-0.4, -0.2) is 37.7 Å². The van der Waals surface area contributed by atoms with Crippen LogP contribution in [-0.2, 0) is 4.74 Å². The number of methoxy groups -OCH3 is 1. The van der Waals surface area contributed by atoms with Gasteiger partial charge in [-0.1, -0.05) is 6.92 Å². The second-order valence-corrected chi connectivity index (χ2v) is 3.74. The summed E-state index contributed by atoms with van der Waals surface area (Å²) in [5, 5.41) is 0. The van der Waals surface area contributed by atoms with Crippen molar-refractivity contribution < 1.29 is 4.74 Å². The molecule has 0 heterocycles. The maximum Gasteiger partial charge on any atom is 0.0572 e. The molecule has 1 aliphatic carbocycles. The summed E-state index contributed by atoms with van der Waals surface area (Å²) in [5.74, 6) is 0. The van der Waals surface area contributed by atoms with Gasteiger partial charge in [-0.3, -0.25) is 0 Å². The Hall–Kier alpha value is -0.0800. The van der Waals surface area contributed by atoms with E-state index in [2.05, 4.69) is 18.9 Å². The molecular formula is C10H21NO. The summed E-state index contributed by atoms with van der Waals surface area (Å²) >= 11 is 0. The lowest BCUT2D eigenvalue weighted by Crippen LogP contribution is -2.36. The van der Waals surface area contributed by atoms with Crippen molar-refractivity contribution >= 4 is 0 Å². The van der Waals surface area contributed by atoms with E-state index in [4.69, 9.17) is 4.74 Å². The Morgan fingerprint density at radius 3 is 2.25 bits per heavy atom. The van der Waals surface area contributed by atoms with Crippen LogP contribution in [0.4, 0.5) is 0 Å². The third-order valence-corrected chi connectivity index (χ3v) is 3.10. The topological polar surface area (TPSA) is 12.5 Å². The molecule has 1 saturated carbocycles. The minimum Gasteiger partial charge on any atom is -0.381 e. The highest BCUT2D eigenvalue weighted by atomic mass is 16.5. The average molecular weight is 171 g/mol. The third-order valence-electron chi connectivity index (χ3n) is 3.10.